The van der Waals surface area contributed by atoms with Crippen LogP contribution in [0.2, 0.25) is 0 Å². The van der Waals surface area contributed by atoms with Gasteiger partial charge < -0.3 is 15.4 Å². The smallest absolute Gasteiger partial charge is 0.254 e. The third-order valence-corrected chi connectivity index (χ3v) is 4.66. The highest BCUT2D eigenvalue weighted by Gasteiger charge is 2.42. The minimum Gasteiger partial charge on any atom is -0.496 e. The molecule has 2 bridgehead atoms. The lowest BCUT2D eigenvalue weighted by molar-refractivity contribution is 0.0575. The van der Waals surface area contributed by atoms with Gasteiger partial charge in [-0.3, -0.25) is 4.79 Å². The minimum absolute atomic E-state index is 0.128. The van der Waals surface area contributed by atoms with E-state index in [1.54, 1.807) is 7.11 Å². The van der Waals surface area contributed by atoms with Crippen molar-refractivity contribution in [2.75, 3.05) is 7.11 Å². The molecule has 0 saturated carbocycles. The Labute approximate surface area is 119 Å². The summed E-state index contributed by atoms with van der Waals surface area (Å²) < 4.78 is 5.32. The van der Waals surface area contributed by atoms with Gasteiger partial charge >= 0.3 is 0 Å². The van der Waals surface area contributed by atoms with Gasteiger partial charge in [0.15, 0.2) is 0 Å². The Morgan fingerprint density at radius 1 is 1.30 bits per heavy atom. The highest BCUT2D eigenvalue weighted by molar-refractivity contribution is 5.95. The summed E-state index contributed by atoms with van der Waals surface area (Å²) in [6.07, 6.45) is 4.05. The number of piperidine rings is 1. The molecule has 4 nitrogen and oxygen atoms in total. The number of fused-ring (bicyclic) bond motifs is 2. The molecule has 2 aliphatic rings. The van der Waals surface area contributed by atoms with Gasteiger partial charge in [-0.1, -0.05) is 6.07 Å². The van der Waals surface area contributed by atoms with Crippen LogP contribution in [-0.2, 0) is 0 Å². The lowest BCUT2D eigenvalue weighted by atomic mass is 9.97. The predicted octanol–water partition coefficient (Wildman–Crippen LogP) is 2.10. The van der Waals surface area contributed by atoms with E-state index in [0.717, 1.165) is 42.6 Å². The first-order chi connectivity index (χ1) is 9.60. The van der Waals surface area contributed by atoms with Crippen LogP contribution in [0.15, 0.2) is 18.2 Å². The number of carbonyl (C=O) groups is 1. The summed E-state index contributed by atoms with van der Waals surface area (Å²) in [5.41, 5.74) is 7.83. The fourth-order valence-electron chi connectivity index (χ4n) is 3.65. The predicted molar refractivity (Wildman–Crippen MR) is 77.9 cm³/mol. The molecule has 2 unspecified atom stereocenters. The minimum atomic E-state index is 0.128. The highest BCUT2D eigenvalue weighted by atomic mass is 16.5. The maximum atomic E-state index is 12.8. The van der Waals surface area contributed by atoms with Crippen molar-refractivity contribution < 1.29 is 9.53 Å². The average molecular weight is 274 g/mol. The molecule has 2 fully saturated rings. The van der Waals surface area contributed by atoms with Crippen molar-refractivity contribution in [3.8, 4) is 5.75 Å². The number of nitrogens with zero attached hydrogens (tertiary/aromatic N) is 1. The van der Waals surface area contributed by atoms with E-state index in [1.807, 2.05) is 25.1 Å². The molecule has 0 aliphatic carbocycles. The Bertz CT molecular complexity index is 515. The van der Waals surface area contributed by atoms with Gasteiger partial charge in [0.2, 0.25) is 0 Å². The number of carbonyl (C=O) groups excluding carboxylic acids is 1. The molecule has 2 aliphatic heterocycles. The molecule has 4 heteroatoms. The maximum Gasteiger partial charge on any atom is 0.254 e. The summed E-state index contributed by atoms with van der Waals surface area (Å²) in [5.74, 6) is 0.902. The largest absolute Gasteiger partial charge is 0.496 e. The second-order valence-electron chi connectivity index (χ2n) is 6.01. The number of benzene rings is 1. The number of nitrogens with two attached hydrogens (primary N) is 1. The van der Waals surface area contributed by atoms with Crippen LogP contribution in [0.3, 0.4) is 0 Å². The van der Waals surface area contributed by atoms with Crippen LogP contribution < -0.4 is 10.5 Å². The van der Waals surface area contributed by atoms with Gasteiger partial charge in [0.05, 0.1) is 7.11 Å². The summed E-state index contributed by atoms with van der Waals surface area (Å²) in [7, 11) is 1.64. The molecule has 1 amide bonds. The van der Waals surface area contributed by atoms with Gasteiger partial charge in [-0.25, -0.2) is 0 Å². The van der Waals surface area contributed by atoms with Crippen molar-refractivity contribution in [3.63, 3.8) is 0 Å². The molecule has 2 heterocycles. The van der Waals surface area contributed by atoms with Crippen LogP contribution in [0.5, 0.6) is 5.75 Å². The molecule has 0 aromatic heterocycles. The number of rotatable bonds is 2. The van der Waals surface area contributed by atoms with Gasteiger partial charge in [-0.2, -0.15) is 0 Å². The zero-order valence-electron chi connectivity index (χ0n) is 12.1. The van der Waals surface area contributed by atoms with Crippen molar-refractivity contribution in [3.05, 3.63) is 29.3 Å². The summed E-state index contributed by atoms with van der Waals surface area (Å²) in [6, 6.07) is 6.60. The molecular formula is C16H22N2O2. The van der Waals surface area contributed by atoms with Gasteiger partial charge in [0.25, 0.3) is 5.91 Å². The monoisotopic (exact) mass is 274 g/mol. The molecule has 3 rings (SSSR count). The summed E-state index contributed by atoms with van der Waals surface area (Å²) in [5, 5.41) is 0. The van der Waals surface area contributed by atoms with Gasteiger partial charge in [-0.05, 0) is 50.3 Å². The number of ether oxygens (including phenoxy) is 1. The average Bonchev–Trinajstić information content (AvgIpc) is 2.70. The van der Waals surface area contributed by atoms with Crippen molar-refractivity contribution >= 4 is 5.91 Å². The first-order valence-electron chi connectivity index (χ1n) is 7.33. The molecule has 20 heavy (non-hydrogen) atoms. The summed E-state index contributed by atoms with van der Waals surface area (Å²) in [4.78, 5) is 14.8. The highest BCUT2D eigenvalue weighted by Crippen LogP contribution is 2.36. The van der Waals surface area contributed by atoms with Crippen molar-refractivity contribution in [2.45, 2.75) is 50.7 Å². The van der Waals surface area contributed by atoms with E-state index in [4.69, 9.17) is 10.5 Å². The molecule has 1 aromatic carbocycles. The topological polar surface area (TPSA) is 55.6 Å². The second-order valence-corrected chi connectivity index (χ2v) is 6.01. The van der Waals surface area contributed by atoms with Crippen molar-refractivity contribution in [2.24, 2.45) is 5.73 Å². The number of hydrogen-bond acceptors (Lipinski definition) is 3. The van der Waals surface area contributed by atoms with E-state index in [-0.39, 0.29) is 11.9 Å². The molecule has 108 valence electrons. The molecular weight excluding hydrogens is 252 g/mol. The maximum absolute atomic E-state index is 12.8. The summed E-state index contributed by atoms with van der Waals surface area (Å²) in [6.45, 7) is 1.98. The Hall–Kier alpha value is -1.55. The Morgan fingerprint density at radius 3 is 2.55 bits per heavy atom. The number of amides is 1. The lowest BCUT2D eigenvalue weighted by Crippen LogP contribution is -2.50. The van der Waals surface area contributed by atoms with Gasteiger partial charge in [0, 0.05) is 23.7 Å². The first kappa shape index (κ1) is 13.4. The Morgan fingerprint density at radius 2 is 1.95 bits per heavy atom. The van der Waals surface area contributed by atoms with E-state index in [9.17, 15) is 4.79 Å². The number of methoxy groups -OCH3 is 1. The van der Waals surface area contributed by atoms with Crippen LogP contribution in [0.25, 0.3) is 0 Å². The molecule has 0 spiro atoms. The zero-order valence-corrected chi connectivity index (χ0v) is 12.1. The van der Waals surface area contributed by atoms with E-state index >= 15 is 0 Å². The Balaban J connectivity index is 1.86. The molecule has 2 N–H and O–H groups in total. The van der Waals surface area contributed by atoms with Crippen LogP contribution in [0, 0.1) is 6.92 Å². The Kier molecular flexibility index (Phi) is 3.42. The van der Waals surface area contributed by atoms with Gasteiger partial charge in [-0.15, -0.1) is 0 Å². The standard InChI is InChI=1S/C16H22N2O2/c1-10-3-4-11(7-15(10)20-2)16(19)18-13-5-6-14(18)9-12(17)8-13/h3-4,7,12-14H,5-6,8-9,17H2,1-2H3. The quantitative estimate of drug-likeness (QED) is 0.898. The lowest BCUT2D eigenvalue weighted by Gasteiger charge is -2.37. The third kappa shape index (κ3) is 2.18. The fourth-order valence-corrected chi connectivity index (χ4v) is 3.65. The van der Waals surface area contributed by atoms with Crippen LogP contribution in [-0.4, -0.2) is 36.0 Å². The normalized spacial score (nSPS) is 28.6. The molecule has 1 aromatic rings. The second kappa shape index (κ2) is 5.09. The zero-order chi connectivity index (χ0) is 14.3. The van der Waals surface area contributed by atoms with Crippen LogP contribution >= 0.6 is 0 Å². The van der Waals surface area contributed by atoms with Crippen LogP contribution in [0.1, 0.15) is 41.6 Å². The van der Waals surface area contributed by atoms with Crippen molar-refractivity contribution in [1.29, 1.82) is 0 Å². The van der Waals surface area contributed by atoms with Crippen molar-refractivity contribution in [1.82, 2.24) is 4.90 Å². The number of aryl methyl sites for hydroxylation is 1. The number of hydrogen-bond donors (Lipinski definition) is 1. The first-order valence-corrected chi connectivity index (χ1v) is 7.33. The summed E-state index contributed by atoms with van der Waals surface area (Å²) >= 11 is 0. The molecule has 2 atom stereocenters. The molecule has 0 radical (unpaired) electrons. The molecule has 2 saturated heterocycles. The third-order valence-electron chi connectivity index (χ3n) is 4.66. The van der Waals surface area contributed by atoms with Crippen LogP contribution in [0.4, 0.5) is 0 Å². The van der Waals surface area contributed by atoms with E-state index in [2.05, 4.69) is 4.90 Å². The van der Waals surface area contributed by atoms with E-state index in [1.165, 1.54) is 0 Å². The SMILES string of the molecule is COc1cc(C(=O)N2C3CCC2CC(N)C3)ccc1C. The fraction of sp³-hybridized carbons (Fsp3) is 0.562. The van der Waals surface area contributed by atoms with E-state index in [0.29, 0.717) is 12.1 Å². The van der Waals surface area contributed by atoms with E-state index < -0.39 is 0 Å². The van der Waals surface area contributed by atoms with Gasteiger partial charge in [0.1, 0.15) is 5.75 Å².